The Hall–Kier alpha value is -12.7. The first-order valence-electron chi connectivity index (χ1n) is 35.0. The Morgan fingerprint density at radius 3 is 1.23 bits per heavy atom. The van der Waals surface area contributed by atoms with Gasteiger partial charge in [-0.25, -0.2) is 0 Å². The third kappa shape index (κ3) is 8.51. The van der Waals surface area contributed by atoms with Crippen LogP contribution in [-0.4, -0.2) is 18.3 Å². The lowest BCUT2D eigenvalue weighted by Gasteiger charge is -2.21. The molecule has 0 saturated carbocycles. The Bertz CT molecular complexity index is 7090. The van der Waals surface area contributed by atoms with Crippen molar-refractivity contribution in [2.45, 2.75) is 14.7 Å². The zero-order valence-corrected chi connectivity index (χ0v) is 56.9. The molecule has 0 bridgehead atoms. The van der Waals surface area contributed by atoms with E-state index < -0.39 is 10.9 Å². The Morgan fingerprint density at radius 2 is 0.608 bits per heavy atom. The molecule has 22 rings (SSSR count). The van der Waals surface area contributed by atoms with Crippen molar-refractivity contribution in [1.29, 1.82) is 0 Å². The summed E-state index contributed by atoms with van der Waals surface area (Å²) in [6.45, 7) is 0. The van der Waals surface area contributed by atoms with Gasteiger partial charge in [-0.05, 0) is 189 Å². The van der Waals surface area contributed by atoms with E-state index in [1.807, 2.05) is 11.3 Å². The van der Waals surface area contributed by atoms with Crippen molar-refractivity contribution in [2.75, 3.05) is 0 Å². The van der Waals surface area contributed by atoms with Gasteiger partial charge in [0.2, 0.25) is 0 Å². The van der Waals surface area contributed by atoms with E-state index in [4.69, 9.17) is 0 Å². The van der Waals surface area contributed by atoms with Crippen LogP contribution >= 0.6 is 22.2 Å². The Balaban J connectivity index is 0.614. The van der Waals surface area contributed by atoms with E-state index in [-0.39, 0.29) is 0 Å². The highest BCUT2D eigenvalue weighted by atomic mass is 32.2. The monoisotopic (exact) mass is 1330 g/mol. The fraction of sp³-hybridized carbons (Fsp3) is 0. The van der Waals surface area contributed by atoms with E-state index in [2.05, 4.69) is 376 Å². The van der Waals surface area contributed by atoms with Gasteiger partial charge in [0, 0.05) is 89.9 Å². The summed E-state index contributed by atoms with van der Waals surface area (Å²) < 4.78 is 12.6. The van der Waals surface area contributed by atoms with Crippen LogP contribution in [0.3, 0.4) is 0 Å². The topological polar surface area (TPSA) is 19.7 Å². The van der Waals surface area contributed by atoms with E-state index in [1.165, 1.54) is 195 Å². The van der Waals surface area contributed by atoms with Crippen LogP contribution in [0.2, 0.25) is 0 Å². The van der Waals surface area contributed by atoms with Crippen LogP contribution in [0.5, 0.6) is 0 Å². The van der Waals surface area contributed by atoms with Crippen molar-refractivity contribution in [1.82, 2.24) is 18.3 Å². The summed E-state index contributed by atoms with van der Waals surface area (Å²) in [6.07, 6.45) is 0. The van der Waals surface area contributed by atoms with E-state index in [0.29, 0.717) is 0 Å². The number of thiophene rings is 1. The van der Waals surface area contributed by atoms with Crippen LogP contribution in [0, 0.1) is 0 Å². The number of hydrogen-bond donors (Lipinski definition) is 1. The summed E-state index contributed by atoms with van der Waals surface area (Å²) in [4.78, 5) is 4.11. The molecule has 102 heavy (non-hydrogen) atoms. The van der Waals surface area contributed by atoms with E-state index >= 15 is 0 Å². The molecular formula is C96H60N4S2. The van der Waals surface area contributed by atoms with Crippen molar-refractivity contribution in [3.63, 3.8) is 0 Å². The molecule has 0 fully saturated rings. The summed E-state index contributed by atoms with van der Waals surface area (Å²) >= 11 is 1.87. The third-order valence-corrected chi connectivity index (χ3v) is 25.3. The lowest BCUT2D eigenvalue weighted by atomic mass is 10.0. The number of aromatic nitrogens is 4. The molecule has 0 amide bonds. The number of thiol groups is 1. The SMILES string of the molecule is c1ccc(-c2ccccc2-n2c3ccccc3c3cc(-c4ccc5c(c4)c4ccccc4n5-c4cccc5c4-c4ccccc4[SH]5c4cccc(-c5cccc(-n6c7ccccc7c7cc(-c8ccc9c(c8)c8ccccc8n9-c8cccc9sc%10ccccc%10c89)ccc76)c5)c4)ccc32)cc1. The number of benzene rings is 16. The van der Waals surface area contributed by atoms with Crippen LogP contribution < -0.4 is 0 Å². The van der Waals surface area contributed by atoms with Crippen molar-refractivity contribution >= 4 is 130 Å². The van der Waals surface area contributed by atoms with Crippen molar-refractivity contribution < 1.29 is 0 Å². The summed E-state index contributed by atoms with van der Waals surface area (Å²) in [5.74, 6) is 0. The minimum atomic E-state index is -0.921. The number of para-hydroxylation sites is 5. The van der Waals surface area contributed by atoms with Crippen molar-refractivity contribution in [3.05, 3.63) is 358 Å². The summed E-state index contributed by atoms with van der Waals surface area (Å²) in [6, 6.07) is 134. The molecule has 0 N–H and O–H groups in total. The molecule has 4 nitrogen and oxygen atoms in total. The van der Waals surface area contributed by atoms with Gasteiger partial charge in [0.05, 0.1) is 61.2 Å². The number of fused-ring (bicyclic) bond motifs is 18. The van der Waals surface area contributed by atoms with Gasteiger partial charge in [0.1, 0.15) is 0 Å². The number of hydrogen-bond acceptors (Lipinski definition) is 1. The van der Waals surface area contributed by atoms with Crippen LogP contribution in [0.4, 0.5) is 0 Å². The minimum Gasteiger partial charge on any atom is -0.309 e. The zero-order chi connectivity index (χ0) is 66.7. The normalized spacial score (nSPS) is 13.4. The number of rotatable bonds is 9. The molecule has 16 aromatic carbocycles. The molecule has 6 heteroatoms. The highest BCUT2D eigenvalue weighted by Gasteiger charge is 2.31. The summed E-state index contributed by atoms with van der Waals surface area (Å²) in [5, 5.41) is 12.5. The predicted octanol–water partition coefficient (Wildman–Crippen LogP) is 26.6. The molecule has 1 aliphatic heterocycles. The molecule has 6 heterocycles. The first-order valence-corrected chi connectivity index (χ1v) is 37.2. The molecule has 5 aromatic heterocycles. The zero-order valence-electron chi connectivity index (χ0n) is 55.2. The largest absolute Gasteiger partial charge is 0.309 e. The molecule has 0 saturated heterocycles. The van der Waals surface area contributed by atoms with Gasteiger partial charge in [-0.1, -0.05) is 218 Å². The van der Waals surface area contributed by atoms with Crippen LogP contribution in [-0.2, 0) is 0 Å². The Kier molecular flexibility index (Phi) is 12.6. The smallest absolute Gasteiger partial charge is 0.0555 e. The number of nitrogens with zero attached hydrogens (tertiary/aromatic N) is 4. The average Bonchev–Trinajstić information content (AvgIpc) is 1.58. The molecule has 0 radical (unpaired) electrons. The minimum absolute atomic E-state index is 0.921. The summed E-state index contributed by atoms with van der Waals surface area (Å²) in [5.41, 5.74) is 26.5. The second-order valence-electron chi connectivity index (χ2n) is 27.1. The van der Waals surface area contributed by atoms with E-state index in [9.17, 15) is 0 Å². The van der Waals surface area contributed by atoms with E-state index in [1.54, 1.807) is 0 Å². The second kappa shape index (κ2) is 22.4. The average molecular weight is 1330 g/mol. The lowest BCUT2D eigenvalue weighted by molar-refractivity contribution is 1.17. The maximum absolute atomic E-state index is 2.54. The maximum atomic E-state index is 2.54. The highest BCUT2D eigenvalue weighted by molar-refractivity contribution is 8.17. The van der Waals surface area contributed by atoms with Gasteiger partial charge >= 0.3 is 0 Å². The third-order valence-electron chi connectivity index (χ3n) is 21.7. The molecule has 476 valence electrons. The molecule has 1 atom stereocenters. The molecule has 0 spiro atoms. The fourth-order valence-electron chi connectivity index (χ4n) is 17.3. The fourth-order valence-corrected chi connectivity index (χ4v) is 21.1. The Morgan fingerprint density at radius 1 is 0.216 bits per heavy atom. The highest BCUT2D eigenvalue weighted by Crippen LogP contribution is 2.64. The van der Waals surface area contributed by atoms with Gasteiger partial charge in [-0.3, -0.25) is 0 Å². The van der Waals surface area contributed by atoms with Gasteiger partial charge in [0.15, 0.2) is 0 Å². The first-order chi connectivity index (χ1) is 50.6. The predicted molar refractivity (Wildman–Crippen MR) is 434 cm³/mol. The van der Waals surface area contributed by atoms with Gasteiger partial charge < -0.3 is 18.3 Å². The van der Waals surface area contributed by atoms with Gasteiger partial charge in [0.25, 0.3) is 0 Å². The molecule has 0 aliphatic carbocycles. The summed E-state index contributed by atoms with van der Waals surface area (Å²) in [7, 11) is -0.921. The molecule has 1 unspecified atom stereocenters. The first kappa shape index (κ1) is 57.2. The quantitative estimate of drug-likeness (QED) is 0.139. The van der Waals surface area contributed by atoms with Crippen LogP contribution in [0.1, 0.15) is 0 Å². The maximum Gasteiger partial charge on any atom is 0.0555 e. The Labute approximate surface area is 594 Å². The van der Waals surface area contributed by atoms with E-state index in [0.717, 1.165) is 5.69 Å². The van der Waals surface area contributed by atoms with Gasteiger partial charge in [-0.2, -0.15) is 10.9 Å². The second-order valence-corrected chi connectivity index (χ2v) is 30.3. The van der Waals surface area contributed by atoms with Gasteiger partial charge in [-0.15, -0.1) is 11.3 Å². The molecule has 1 aliphatic rings. The molecular weight excluding hydrogens is 1270 g/mol. The van der Waals surface area contributed by atoms with Crippen molar-refractivity contribution in [3.8, 4) is 78.4 Å². The standard InChI is InChI=1S/C96H60N4S2/c1-2-22-60(23-3-1)69-28-4-11-35-80(69)98-82-37-13-6-30-71(82)77-57-64(47-51-86(77)98)66-49-53-88-79(59-66)73-32-8-15-39-84(73)100(88)90-41-21-45-94-96(90)75-34-10-17-44-93(75)102(94)68-27-19-25-62(55-68)61-24-18-26-67(54-61)97-81-36-12-5-29-70(81)76-56-63(46-50-85(76)97)65-48-52-87-78(58-65)72-31-7-14-38-83(72)99(87)89-40-20-43-92-95(89)74-33-9-16-42-91(74)101-92/h1-59,102H. The van der Waals surface area contributed by atoms with Crippen LogP contribution in [0.15, 0.2) is 373 Å². The van der Waals surface area contributed by atoms with Crippen LogP contribution in [0.25, 0.3) is 186 Å². The molecule has 21 aromatic rings. The lowest BCUT2D eigenvalue weighted by Crippen LogP contribution is -1.97. The van der Waals surface area contributed by atoms with Crippen molar-refractivity contribution in [2.24, 2.45) is 0 Å².